The Morgan fingerprint density at radius 3 is 2.81 bits per heavy atom. The summed E-state index contributed by atoms with van der Waals surface area (Å²) in [6.45, 7) is 8.15. The van der Waals surface area contributed by atoms with E-state index in [1.807, 2.05) is 11.3 Å². The third-order valence-corrected chi connectivity index (χ3v) is 5.40. The molecule has 21 heavy (non-hydrogen) atoms. The van der Waals surface area contributed by atoms with E-state index >= 15 is 0 Å². The predicted octanol–water partition coefficient (Wildman–Crippen LogP) is 3.85. The van der Waals surface area contributed by atoms with Gasteiger partial charge in [-0.3, -0.25) is 0 Å². The van der Waals surface area contributed by atoms with Gasteiger partial charge in [-0.1, -0.05) is 37.3 Å². The normalized spacial score (nSPS) is 19.2. The number of benzene rings is 1. The molecule has 2 aromatic rings. The fourth-order valence-corrected chi connectivity index (χ4v) is 3.98. The Hall–Kier alpha value is -1.16. The third-order valence-electron chi connectivity index (χ3n) is 4.27. The van der Waals surface area contributed by atoms with Crippen LogP contribution in [0.25, 0.3) is 10.4 Å². The fraction of sp³-hybridized carbons (Fsp3) is 0.444. The molecule has 0 aliphatic carbocycles. The van der Waals surface area contributed by atoms with Crippen LogP contribution in [0.3, 0.4) is 0 Å². The lowest BCUT2D eigenvalue weighted by Gasteiger charge is -2.13. The summed E-state index contributed by atoms with van der Waals surface area (Å²) in [7, 11) is 0. The molecule has 1 fully saturated rings. The molecule has 1 saturated heterocycles. The Morgan fingerprint density at radius 2 is 2.05 bits per heavy atom. The summed E-state index contributed by atoms with van der Waals surface area (Å²) in [6.07, 6.45) is 1.35. The van der Waals surface area contributed by atoms with Crippen LogP contribution in [-0.2, 0) is 6.54 Å². The van der Waals surface area contributed by atoms with Gasteiger partial charge < -0.3 is 10.2 Å². The lowest BCUT2D eigenvalue weighted by atomic mass is 10.1. The summed E-state index contributed by atoms with van der Waals surface area (Å²) in [6, 6.07) is 15.1. The highest BCUT2D eigenvalue weighted by Crippen LogP contribution is 2.27. The Kier molecular flexibility index (Phi) is 5.07. The van der Waals surface area contributed by atoms with E-state index in [4.69, 9.17) is 0 Å². The van der Waals surface area contributed by atoms with Gasteiger partial charge in [0, 0.05) is 22.8 Å². The van der Waals surface area contributed by atoms with Gasteiger partial charge in [-0.15, -0.1) is 11.3 Å². The molecule has 112 valence electrons. The van der Waals surface area contributed by atoms with Crippen molar-refractivity contribution in [2.45, 2.75) is 19.9 Å². The first-order chi connectivity index (χ1) is 10.3. The second kappa shape index (κ2) is 7.21. The van der Waals surface area contributed by atoms with Gasteiger partial charge >= 0.3 is 0 Å². The number of hydrogen-bond acceptors (Lipinski definition) is 3. The van der Waals surface area contributed by atoms with Gasteiger partial charge in [-0.2, -0.15) is 0 Å². The van der Waals surface area contributed by atoms with Crippen LogP contribution in [0, 0.1) is 5.92 Å². The average molecular weight is 300 g/mol. The number of rotatable bonds is 6. The van der Waals surface area contributed by atoms with Crippen molar-refractivity contribution >= 4 is 11.3 Å². The van der Waals surface area contributed by atoms with Crippen LogP contribution in [0.1, 0.15) is 18.2 Å². The molecule has 1 atom stereocenters. The molecule has 1 aromatic carbocycles. The van der Waals surface area contributed by atoms with Crippen LogP contribution < -0.4 is 5.32 Å². The lowest BCUT2D eigenvalue weighted by molar-refractivity contribution is 0.339. The Balaban J connectivity index is 1.47. The van der Waals surface area contributed by atoms with Crippen LogP contribution in [0.5, 0.6) is 0 Å². The van der Waals surface area contributed by atoms with Crippen LogP contribution in [-0.4, -0.2) is 31.1 Å². The van der Waals surface area contributed by atoms with E-state index in [-0.39, 0.29) is 0 Å². The molecule has 1 N–H and O–H groups in total. The van der Waals surface area contributed by atoms with Gasteiger partial charge in [0.2, 0.25) is 0 Å². The van der Waals surface area contributed by atoms with E-state index in [0.29, 0.717) is 0 Å². The minimum Gasteiger partial charge on any atom is -0.312 e. The smallest absolute Gasteiger partial charge is 0.0346 e. The molecule has 0 amide bonds. The molecule has 3 rings (SSSR count). The summed E-state index contributed by atoms with van der Waals surface area (Å²) in [5.74, 6) is 0.832. The first-order valence-electron chi connectivity index (χ1n) is 7.92. The van der Waals surface area contributed by atoms with Crippen LogP contribution >= 0.6 is 11.3 Å². The van der Waals surface area contributed by atoms with Crippen LogP contribution in [0.2, 0.25) is 0 Å². The Morgan fingerprint density at radius 1 is 1.19 bits per heavy atom. The molecule has 0 radical (unpaired) electrons. The van der Waals surface area contributed by atoms with E-state index < -0.39 is 0 Å². The third kappa shape index (κ3) is 3.94. The minimum atomic E-state index is 0.832. The number of nitrogens with zero attached hydrogens (tertiary/aromatic N) is 1. The molecule has 1 aromatic heterocycles. The van der Waals surface area contributed by atoms with Crippen molar-refractivity contribution in [1.29, 1.82) is 0 Å². The van der Waals surface area contributed by atoms with E-state index in [1.165, 1.54) is 41.4 Å². The number of thiophene rings is 1. The van der Waals surface area contributed by atoms with Gasteiger partial charge in [0.05, 0.1) is 0 Å². The van der Waals surface area contributed by atoms with Crippen LogP contribution in [0.4, 0.5) is 0 Å². The van der Waals surface area contributed by atoms with E-state index in [2.05, 4.69) is 59.6 Å². The van der Waals surface area contributed by atoms with Gasteiger partial charge in [0.25, 0.3) is 0 Å². The topological polar surface area (TPSA) is 15.3 Å². The fourth-order valence-electron chi connectivity index (χ4n) is 3.00. The van der Waals surface area contributed by atoms with E-state index in [0.717, 1.165) is 19.0 Å². The zero-order chi connectivity index (χ0) is 14.5. The maximum atomic E-state index is 3.64. The van der Waals surface area contributed by atoms with Crippen molar-refractivity contribution in [2.24, 2.45) is 5.92 Å². The molecule has 0 spiro atoms. The average Bonchev–Trinajstić information content (AvgIpc) is 3.17. The molecular formula is C18H24N2S. The molecular weight excluding hydrogens is 276 g/mol. The zero-order valence-corrected chi connectivity index (χ0v) is 13.5. The second-order valence-electron chi connectivity index (χ2n) is 5.81. The minimum absolute atomic E-state index is 0.832. The number of nitrogens with one attached hydrogen (secondary N) is 1. The van der Waals surface area contributed by atoms with Crippen molar-refractivity contribution in [2.75, 3.05) is 26.2 Å². The Labute approximate surface area is 131 Å². The SMILES string of the molecule is CCN1CCC(CNCc2ccc(-c3ccccc3)s2)C1. The zero-order valence-electron chi connectivity index (χ0n) is 12.7. The van der Waals surface area contributed by atoms with Crippen molar-refractivity contribution < 1.29 is 0 Å². The molecule has 0 saturated carbocycles. The largest absolute Gasteiger partial charge is 0.312 e. The molecule has 2 heterocycles. The first-order valence-corrected chi connectivity index (χ1v) is 8.74. The lowest BCUT2D eigenvalue weighted by Crippen LogP contribution is -2.25. The van der Waals surface area contributed by atoms with Crippen molar-refractivity contribution in [1.82, 2.24) is 10.2 Å². The number of likely N-dealkylation sites (tertiary alicyclic amines) is 1. The van der Waals surface area contributed by atoms with Gasteiger partial charge in [0.15, 0.2) is 0 Å². The predicted molar refractivity (Wildman–Crippen MR) is 91.7 cm³/mol. The van der Waals surface area contributed by atoms with Crippen molar-refractivity contribution in [3.8, 4) is 10.4 Å². The molecule has 3 heteroatoms. The highest BCUT2D eigenvalue weighted by atomic mass is 32.1. The summed E-state index contributed by atoms with van der Waals surface area (Å²) in [5.41, 5.74) is 1.32. The quantitative estimate of drug-likeness (QED) is 0.872. The van der Waals surface area contributed by atoms with E-state index in [1.54, 1.807) is 0 Å². The molecule has 0 bridgehead atoms. The highest BCUT2D eigenvalue weighted by molar-refractivity contribution is 7.15. The van der Waals surface area contributed by atoms with Crippen molar-refractivity contribution in [3.63, 3.8) is 0 Å². The van der Waals surface area contributed by atoms with Gasteiger partial charge in [0.1, 0.15) is 0 Å². The van der Waals surface area contributed by atoms with E-state index in [9.17, 15) is 0 Å². The summed E-state index contributed by atoms with van der Waals surface area (Å²) in [5, 5.41) is 3.64. The molecule has 1 unspecified atom stereocenters. The summed E-state index contributed by atoms with van der Waals surface area (Å²) < 4.78 is 0. The van der Waals surface area contributed by atoms with Crippen LogP contribution in [0.15, 0.2) is 42.5 Å². The highest BCUT2D eigenvalue weighted by Gasteiger charge is 2.20. The van der Waals surface area contributed by atoms with Gasteiger partial charge in [-0.05, 0) is 49.7 Å². The Bertz CT molecular complexity index is 549. The maximum Gasteiger partial charge on any atom is 0.0346 e. The molecule has 2 nitrogen and oxygen atoms in total. The van der Waals surface area contributed by atoms with Crippen molar-refractivity contribution in [3.05, 3.63) is 47.3 Å². The molecule has 1 aliphatic heterocycles. The monoisotopic (exact) mass is 300 g/mol. The second-order valence-corrected chi connectivity index (χ2v) is 6.98. The molecule has 1 aliphatic rings. The van der Waals surface area contributed by atoms with Gasteiger partial charge in [-0.25, -0.2) is 0 Å². The summed E-state index contributed by atoms with van der Waals surface area (Å²) in [4.78, 5) is 5.34. The summed E-state index contributed by atoms with van der Waals surface area (Å²) >= 11 is 1.90. The first kappa shape index (κ1) is 14.8. The standard InChI is InChI=1S/C18H24N2S/c1-2-20-11-10-15(14-20)12-19-13-17-8-9-18(21-17)16-6-4-3-5-7-16/h3-9,15,19H,2,10-14H2,1H3. The number of hydrogen-bond donors (Lipinski definition) is 1. The maximum absolute atomic E-state index is 3.64.